The number of benzene rings is 1. The average Bonchev–Trinajstić information content (AvgIpc) is 2.66. The number of rotatable bonds is 6. The third kappa shape index (κ3) is 4.14. The molecule has 1 fully saturated rings. The Labute approximate surface area is 166 Å². The lowest BCUT2D eigenvalue weighted by Crippen LogP contribution is -2.66. The highest BCUT2D eigenvalue weighted by atomic mass is 16.5. The second kappa shape index (κ2) is 7.90. The lowest BCUT2D eigenvalue weighted by atomic mass is 9.65. The maximum Gasteiger partial charge on any atom is 0.339 e. The van der Waals surface area contributed by atoms with Crippen molar-refractivity contribution in [1.82, 2.24) is 0 Å². The first-order chi connectivity index (χ1) is 13.7. The van der Waals surface area contributed by atoms with Gasteiger partial charge in [-0.25, -0.2) is 4.79 Å². The van der Waals surface area contributed by atoms with Gasteiger partial charge in [-0.05, 0) is 0 Å². The second-order valence-electron chi connectivity index (χ2n) is 7.30. The van der Waals surface area contributed by atoms with Gasteiger partial charge in [-0.3, -0.25) is 9.59 Å². The van der Waals surface area contributed by atoms with Gasteiger partial charge >= 0.3 is 5.63 Å². The molecule has 29 heavy (non-hydrogen) atoms. The molecule has 1 aromatic carbocycles. The topological polar surface area (TPSA) is 134 Å². The Morgan fingerprint density at radius 3 is 2.55 bits per heavy atom. The number of hydrogen-bond acceptors (Lipinski definition) is 8. The maximum absolute atomic E-state index is 12.7. The Hall–Kier alpha value is -2.81. The van der Waals surface area contributed by atoms with Gasteiger partial charge in [-0.15, -0.1) is 0 Å². The number of ketones is 2. The van der Waals surface area contributed by atoms with Crippen molar-refractivity contribution in [1.29, 1.82) is 0 Å². The van der Waals surface area contributed by atoms with Gasteiger partial charge in [0.25, 0.3) is 0 Å². The van der Waals surface area contributed by atoms with Crippen molar-refractivity contribution in [2.75, 3.05) is 7.11 Å². The van der Waals surface area contributed by atoms with E-state index in [9.17, 15) is 29.7 Å². The van der Waals surface area contributed by atoms with Gasteiger partial charge in [0.05, 0.1) is 19.3 Å². The predicted molar refractivity (Wildman–Crippen MR) is 101 cm³/mol. The molecule has 0 unspecified atom stereocenters. The van der Waals surface area contributed by atoms with Crippen LogP contribution in [0.25, 0.3) is 0 Å². The van der Waals surface area contributed by atoms with Crippen molar-refractivity contribution in [3.8, 4) is 5.75 Å². The van der Waals surface area contributed by atoms with Gasteiger partial charge in [0.15, 0.2) is 17.2 Å². The van der Waals surface area contributed by atoms with Crippen LogP contribution in [0.15, 0.2) is 51.7 Å². The fraction of sp³-hybridized carbons (Fsp3) is 0.381. The van der Waals surface area contributed by atoms with Crippen molar-refractivity contribution in [2.45, 2.75) is 43.0 Å². The number of hydrogen-bond donors (Lipinski definition) is 3. The molecule has 0 saturated heterocycles. The molecule has 1 aliphatic carbocycles. The van der Waals surface area contributed by atoms with E-state index in [4.69, 9.17) is 9.15 Å². The molecular weight excluding hydrogens is 380 g/mol. The van der Waals surface area contributed by atoms with E-state index in [1.807, 2.05) is 0 Å². The predicted octanol–water partition coefficient (Wildman–Crippen LogP) is 0.650. The van der Waals surface area contributed by atoms with Crippen molar-refractivity contribution in [2.24, 2.45) is 0 Å². The molecule has 0 amide bonds. The molecule has 0 radical (unpaired) electrons. The highest BCUT2D eigenvalue weighted by Crippen LogP contribution is 2.41. The molecule has 0 spiro atoms. The van der Waals surface area contributed by atoms with Crippen molar-refractivity contribution >= 4 is 11.6 Å². The molecule has 3 N–H and O–H groups in total. The van der Waals surface area contributed by atoms with Crippen LogP contribution in [-0.4, -0.2) is 51.3 Å². The fourth-order valence-electron chi connectivity index (χ4n) is 3.71. The number of methoxy groups -OCH3 is 1. The summed E-state index contributed by atoms with van der Waals surface area (Å²) < 4.78 is 10.1. The van der Waals surface area contributed by atoms with E-state index >= 15 is 0 Å². The third-order valence-corrected chi connectivity index (χ3v) is 5.24. The third-order valence-electron chi connectivity index (χ3n) is 5.24. The van der Waals surface area contributed by atoms with E-state index in [0.29, 0.717) is 0 Å². The van der Waals surface area contributed by atoms with Crippen LogP contribution in [0.2, 0.25) is 0 Å². The highest BCUT2D eigenvalue weighted by molar-refractivity contribution is 6.02. The van der Waals surface area contributed by atoms with E-state index in [1.165, 1.54) is 25.3 Å². The van der Waals surface area contributed by atoms with Crippen LogP contribution in [0.4, 0.5) is 0 Å². The Bertz CT molecular complexity index is 966. The van der Waals surface area contributed by atoms with E-state index in [0.717, 1.165) is 6.07 Å². The zero-order valence-electron chi connectivity index (χ0n) is 15.8. The van der Waals surface area contributed by atoms with Gasteiger partial charge in [-0.1, -0.05) is 30.3 Å². The number of carbonyl (C=O) groups excluding carboxylic acids is 2. The van der Waals surface area contributed by atoms with Crippen LogP contribution < -0.4 is 10.4 Å². The first-order valence-electron chi connectivity index (χ1n) is 9.09. The minimum atomic E-state index is -2.46. The van der Waals surface area contributed by atoms with E-state index < -0.39 is 53.8 Å². The summed E-state index contributed by atoms with van der Waals surface area (Å²) in [6.07, 6.45) is -3.13. The Kier molecular flexibility index (Phi) is 5.70. The average molecular weight is 402 g/mol. The standard InChI is InChI=1S/C21H22O8/c1-28-15-8-16(29-19(25)9-15)11-20(26)10-14(22)7-18(24)21(20,27)12-17(23)13-5-3-2-4-6-13/h2-6,8-9,14,22,26-27H,7,10-12H2,1H3/t14-,20+,21+/m0/s1. The molecule has 1 heterocycles. The summed E-state index contributed by atoms with van der Waals surface area (Å²) in [5.41, 5.74) is -5.15. The Balaban J connectivity index is 1.98. The van der Waals surface area contributed by atoms with Gasteiger partial charge in [0.1, 0.15) is 17.1 Å². The minimum Gasteiger partial charge on any atom is -0.496 e. The van der Waals surface area contributed by atoms with Crippen LogP contribution in [-0.2, 0) is 11.2 Å². The van der Waals surface area contributed by atoms with Gasteiger partial charge in [0, 0.05) is 37.3 Å². The van der Waals surface area contributed by atoms with Crippen LogP contribution in [0.3, 0.4) is 0 Å². The zero-order valence-corrected chi connectivity index (χ0v) is 15.8. The lowest BCUT2D eigenvalue weighted by molar-refractivity contribution is -0.195. The lowest BCUT2D eigenvalue weighted by Gasteiger charge is -2.46. The number of carbonyl (C=O) groups is 2. The largest absolute Gasteiger partial charge is 0.496 e. The maximum atomic E-state index is 12.7. The summed E-state index contributed by atoms with van der Waals surface area (Å²) in [4.78, 5) is 37.0. The van der Waals surface area contributed by atoms with E-state index in [1.54, 1.807) is 18.2 Å². The SMILES string of the molecule is COc1cc(C[C@]2(O)C[C@@H](O)CC(=O)[C@]2(O)CC(=O)c2ccccc2)oc(=O)c1. The van der Waals surface area contributed by atoms with E-state index in [-0.39, 0.29) is 23.5 Å². The van der Waals surface area contributed by atoms with Gasteiger partial charge in [-0.2, -0.15) is 0 Å². The molecule has 1 aromatic heterocycles. The molecule has 2 aromatic rings. The normalized spacial score (nSPS) is 26.9. The minimum absolute atomic E-state index is 0.0515. The number of aliphatic hydroxyl groups excluding tert-OH is 1. The molecule has 1 saturated carbocycles. The fourth-order valence-corrected chi connectivity index (χ4v) is 3.71. The quantitative estimate of drug-likeness (QED) is 0.600. The molecule has 8 heteroatoms. The highest BCUT2D eigenvalue weighted by Gasteiger charge is 2.59. The molecule has 8 nitrogen and oxygen atoms in total. The van der Waals surface area contributed by atoms with Crippen molar-refractivity contribution in [3.63, 3.8) is 0 Å². The Morgan fingerprint density at radius 1 is 1.21 bits per heavy atom. The monoisotopic (exact) mass is 402 g/mol. The summed E-state index contributed by atoms with van der Waals surface area (Å²) in [5.74, 6) is -1.27. The number of ether oxygens (including phenoxy) is 1. The molecule has 3 rings (SSSR count). The summed E-state index contributed by atoms with van der Waals surface area (Å²) >= 11 is 0. The smallest absolute Gasteiger partial charge is 0.339 e. The second-order valence-corrected chi connectivity index (χ2v) is 7.30. The van der Waals surface area contributed by atoms with Crippen molar-refractivity contribution < 1.29 is 34.1 Å². The molecule has 1 aliphatic rings. The number of aliphatic hydroxyl groups is 3. The first kappa shape index (κ1) is 20.9. The van der Waals surface area contributed by atoms with Gasteiger partial charge < -0.3 is 24.5 Å². The van der Waals surface area contributed by atoms with E-state index in [2.05, 4.69) is 0 Å². The van der Waals surface area contributed by atoms with Crippen LogP contribution in [0, 0.1) is 0 Å². The van der Waals surface area contributed by atoms with Crippen LogP contribution in [0.1, 0.15) is 35.4 Å². The molecule has 0 bridgehead atoms. The van der Waals surface area contributed by atoms with Crippen molar-refractivity contribution in [3.05, 3.63) is 64.2 Å². The van der Waals surface area contributed by atoms with Gasteiger partial charge in [0.2, 0.25) is 0 Å². The summed E-state index contributed by atoms with van der Waals surface area (Å²) in [5, 5.41) is 32.5. The summed E-state index contributed by atoms with van der Waals surface area (Å²) in [7, 11) is 1.34. The molecule has 3 atom stereocenters. The van der Waals surface area contributed by atoms with Crippen LogP contribution >= 0.6 is 0 Å². The zero-order chi connectivity index (χ0) is 21.2. The summed E-state index contributed by atoms with van der Waals surface area (Å²) in [6.45, 7) is 0. The molecular formula is C21H22O8. The molecule has 0 aliphatic heterocycles. The number of Topliss-reactive ketones (excluding diaryl/α,β-unsaturated/α-hetero) is 2. The summed E-state index contributed by atoms with van der Waals surface area (Å²) in [6, 6.07) is 10.5. The molecule has 154 valence electrons. The van der Waals surface area contributed by atoms with Crippen LogP contribution in [0.5, 0.6) is 5.75 Å². The first-order valence-corrected chi connectivity index (χ1v) is 9.09. The Morgan fingerprint density at radius 2 is 1.90 bits per heavy atom.